The number of aliphatic hydroxyl groups excluding tert-OH is 1. The maximum atomic E-state index is 12.1. The highest BCUT2D eigenvalue weighted by Gasteiger charge is 2.11. The van der Waals surface area contributed by atoms with Gasteiger partial charge >= 0.3 is 0 Å². The first kappa shape index (κ1) is 18.8. The Bertz CT molecular complexity index is 670. The Hall–Kier alpha value is -2.53. The summed E-state index contributed by atoms with van der Waals surface area (Å²) in [4.78, 5) is 12.1. The number of nitrogens with one attached hydrogen (secondary N) is 1. The van der Waals surface area contributed by atoms with E-state index in [0.717, 1.165) is 12.0 Å². The fraction of sp³-hybridized carbons (Fsp3) is 0.350. The first-order valence-corrected chi connectivity index (χ1v) is 8.47. The Balaban J connectivity index is 1.87. The maximum absolute atomic E-state index is 12.1. The Morgan fingerprint density at radius 1 is 1.08 bits per heavy atom. The van der Waals surface area contributed by atoms with Gasteiger partial charge in [-0.15, -0.1) is 0 Å². The second kappa shape index (κ2) is 9.69. The minimum Gasteiger partial charge on any atom is -0.487 e. The van der Waals surface area contributed by atoms with E-state index in [4.69, 9.17) is 14.6 Å². The molecule has 0 aliphatic carbocycles. The minimum atomic E-state index is -0.205. The minimum absolute atomic E-state index is 0.0802. The number of benzene rings is 2. The molecule has 0 saturated heterocycles. The lowest BCUT2D eigenvalue weighted by atomic mass is 10.1. The molecule has 0 aromatic heterocycles. The van der Waals surface area contributed by atoms with Crippen LogP contribution in [0.15, 0.2) is 48.5 Å². The third kappa shape index (κ3) is 5.80. The Morgan fingerprint density at radius 2 is 1.72 bits per heavy atom. The van der Waals surface area contributed by atoms with E-state index >= 15 is 0 Å². The summed E-state index contributed by atoms with van der Waals surface area (Å²) in [6, 6.07) is 15.2. The molecule has 2 rings (SSSR count). The van der Waals surface area contributed by atoms with E-state index in [1.54, 1.807) is 18.2 Å². The summed E-state index contributed by atoms with van der Waals surface area (Å²) in [5.74, 6) is 0.780. The van der Waals surface area contributed by atoms with Gasteiger partial charge in [-0.2, -0.15) is 0 Å². The van der Waals surface area contributed by atoms with Gasteiger partial charge in [0.1, 0.15) is 6.61 Å². The van der Waals surface area contributed by atoms with E-state index in [0.29, 0.717) is 11.5 Å². The highest BCUT2D eigenvalue weighted by atomic mass is 16.5. The first-order valence-electron chi connectivity index (χ1n) is 8.47. The van der Waals surface area contributed by atoms with Crippen LogP contribution in [-0.2, 0) is 11.2 Å². The molecule has 0 saturated carbocycles. The van der Waals surface area contributed by atoms with E-state index in [9.17, 15) is 4.79 Å². The summed E-state index contributed by atoms with van der Waals surface area (Å²) < 4.78 is 10.9. The zero-order chi connectivity index (χ0) is 18.1. The molecule has 2 aromatic carbocycles. The quantitative estimate of drug-likeness (QED) is 0.735. The number of ether oxygens (including phenoxy) is 2. The highest BCUT2D eigenvalue weighted by Crippen LogP contribution is 2.26. The maximum Gasteiger partial charge on any atom is 0.258 e. The lowest BCUT2D eigenvalue weighted by Gasteiger charge is -2.16. The fourth-order valence-corrected chi connectivity index (χ4v) is 2.40. The van der Waals surface area contributed by atoms with Gasteiger partial charge in [-0.05, 0) is 36.6 Å². The van der Waals surface area contributed by atoms with E-state index in [2.05, 4.69) is 24.4 Å². The van der Waals surface area contributed by atoms with Crippen LogP contribution in [0.2, 0.25) is 0 Å². The predicted octanol–water partition coefficient (Wildman–Crippen LogP) is 2.88. The summed E-state index contributed by atoms with van der Waals surface area (Å²) in [6.07, 6.45) is 0.993. The number of aliphatic hydroxyl groups is 1. The molecule has 1 amide bonds. The van der Waals surface area contributed by atoms with Crippen molar-refractivity contribution in [1.82, 2.24) is 5.32 Å². The molecule has 0 spiro atoms. The SMILES string of the molecule is CCc1ccc(C(C)NC(=O)COc2ccccc2OCCO)cc1. The van der Waals surface area contributed by atoms with Crippen molar-refractivity contribution in [2.75, 3.05) is 19.8 Å². The molecule has 0 fully saturated rings. The van der Waals surface area contributed by atoms with Crippen molar-refractivity contribution in [3.63, 3.8) is 0 Å². The highest BCUT2D eigenvalue weighted by molar-refractivity contribution is 5.78. The van der Waals surface area contributed by atoms with Crippen LogP contribution in [0, 0.1) is 0 Å². The van der Waals surface area contributed by atoms with Gasteiger partial charge in [0.15, 0.2) is 18.1 Å². The third-order valence-electron chi connectivity index (χ3n) is 3.82. The topological polar surface area (TPSA) is 67.8 Å². The van der Waals surface area contributed by atoms with E-state index < -0.39 is 0 Å². The largest absolute Gasteiger partial charge is 0.487 e. The lowest BCUT2D eigenvalue weighted by Crippen LogP contribution is -2.31. The molecule has 1 unspecified atom stereocenters. The molecule has 25 heavy (non-hydrogen) atoms. The zero-order valence-electron chi connectivity index (χ0n) is 14.7. The summed E-state index contributed by atoms with van der Waals surface area (Å²) in [6.45, 7) is 4.05. The Kier molecular flexibility index (Phi) is 7.29. The number of aryl methyl sites for hydroxylation is 1. The van der Waals surface area contributed by atoms with Crippen molar-refractivity contribution in [2.24, 2.45) is 0 Å². The molecule has 0 aliphatic rings. The van der Waals surface area contributed by atoms with E-state index in [1.165, 1.54) is 5.56 Å². The van der Waals surface area contributed by atoms with Crippen LogP contribution in [0.1, 0.15) is 31.0 Å². The third-order valence-corrected chi connectivity index (χ3v) is 3.82. The molecule has 5 heteroatoms. The van der Waals surface area contributed by atoms with Crippen LogP contribution in [-0.4, -0.2) is 30.8 Å². The van der Waals surface area contributed by atoms with Crippen LogP contribution in [0.25, 0.3) is 0 Å². The van der Waals surface area contributed by atoms with Crippen molar-refractivity contribution in [3.05, 3.63) is 59.7 Å². The van der Waals surface area contributed by atoms with Gasteiger partial charge in [-0.1, -0.05) is 43.3 Å². The fourth-order valence-electron chi connectivity index (χ4n) is 2.40. The number of hydrogen-bond acceptors (Lipinski definition) is 4. The van der Waals surface area contributed by atoms with Gasteiger partial charge in [-0.3, -0.25) is 4.79 Å². The van der Waals surface area contributed by atoms with Crippen molar-refractivity contribution < 1.29 is 19.4 Å². The number of para-hydroxylation sites is 2. The van der Waals surface area contributed by atoms with Crippen LogP contribution in [0.4, 0.5) is 0 Å². The van der Waals surface area contributed by atoms with Crippen molar-refractivity contribution in [2.45, 2.75) is 26.3 Å². The summed E-state index contributed by atoms with van der Waals surface area (Å²) in [5, 5.41) is 11.8. The van der Waals surface area contributed by atoms with Crippen molar-refractivity contribution in [1.29, 1.82) is 0 Å². The van der Waals surface area contributed by atoms with Gasteiger partial charge in [0.25, 0.3) is 5.91 Å². The monoisotopic (exact) mass is 343 g/mol. The van der Waals surface area contributed by atoms with E-state index in [1.807, 2.05) is 25.1 Å². The molecule has 0 radical (unpaired) electrons. The van der Waals surface area contributed by atoms with Crippen LogP contribution in [0.5, 0.6) is 11.5 Å². The van der Waals surface area contributed by atoms with E-state index in [-0.39, 0.29) is 31.8 Å². The smallest absolute Gasteiger partial charge is 0.258 e. The average molecular weight is 343 g/mol. The van der Waals surface area contributed by atoms with Crippen molar-refractivity contribution >= 4 is 5.91 Å². The summed E-state index contributed by atoms with van der Waals surface area (Å²) in [7, 11) is 0. The Labute approximate surface area is 148 Å². The predicted molar refractivity (Wildman–Crippen MR) is 96.9 cm³/mol. The van der Waals surface area contributed by atoms with Gasteiger partial charge in [-0.25, -0.2) is 0 Å². The zero-order valence-corrected chi connectivity index (χ0v) is 14.7. The number of amides is 1. The number of carbonyl (C=O) groups excluding carboxylic acids is 1. The molecule has 2 N–H and O–H groups in total. The number of carbonyl (C=O) groups is 1. The number of rotatable bonds is 9. The number of hydrogen-bond donors (Lipinski definition) is 2. The van der Waals surface area contributed by atoms with Crippen molar-refractivity contribution in [3.8, 4) is 11.5 Å². The molecule has 134 valence electrons. The summed E-state index contributed by atoms with van der Waals surface area (Å²) in [5.41, 5.74) is 2.32. The molecule has 2 aromatic rings. The molecule has 1 atom stereocenters. The second-order valence-electron chi connectivity index (χ2n) is 5.69. The first-order chi connectivity index (χ1) is 12.1. The summed E-state index contributed by atoms with van der Waals surface area (Å²) >= 11 is 0. The molecular formula is C20H25NO4. The van der Waals surface area contributed by atoms with Crippen LogP contribution in [0.3, 0.4) is 0 Å². The molecule has 5 nitrogen and oxygen atoms in total. The Morgan fingerprint density at radius 3 is 2.32 bits per heavy atom. The standard InChI is InChI=1S/C20H25NO4/c1-3-16-8-10-17(11-9-16)15(2)21-20(23)14-25-19-7-5-4-6-18(19)24-13-12-22/h4-11,15,22H,3,12-14H2,1-2H3,(H,21,23). The van der Waals surface area contributed by atoms with Gasteiger partial charge < -0.3 is 19.9 Å². The van der Waals surface area contributed by atoms with Gasteiger partial charge in [0, 0.05) is 0 Å². The van der Waals surface area contributed by atoms with Crippen LogP contribution < -0.4 is 14.8 Å². The molecule has 0 aliphatic heterocycles. The van der Waals surface area contributed by atoms with Gasteiger partial charge in [0.05, 0.1) is 12.6 Å². The average Bonchev–Trinajstić information content (AvgIpc) is 2.65. The lowest BCUT2D eigenvalue weighted by molar-refractivity contribution is -0.123. The van der Waals surface area contributed by atoms with Crippen LogP contribution >= 0.6 is 0 Å². The molecule has 0 bridgehead atoms. The second-order valence-corrected chi connectivity index (χ2v) is 5.69. The molecular weight excluding hydrogens is 318 g/mol. The molecule has 0 heterocycles. The normalized spacial score (nSPS) is 11.6. The van der Waals surface area contributed by atoms with Gasteiger partial charge in [0.2, 0.25) is 0 Å².